The van der Waals surface area contributed by atoms with Crippen molar-refractivity contribution in [2.75, 3.05) is 6.54 Å². The Bertz CT molecular complexity index is 1180. The van der Waals surface area contributed by atoms with Crippen molar-refractivity contribution in [3.8, 4) is 0 Å². The first-order valence-corrected chi connectivity index (χ1v) is 13.3. The first-order chi connectivity index (χ1) is 18.9. The molecule has 10 N–H and O–H groups in total. The number of carboxylic acid groups (broad SMARTS) is 2. The van der Waals surface area contributed by atoms with Crippen molar-refractivity contribution >= 4 is 40.6 Å². The van der Waals surface area contributed by atoms with Crippen LogP contribution in [0.4, 0.5) is 0 Å². The van der Waals surface area contributed by atoms with Gasteiger partial charge in [-0.2, -0.15) is 0 Å². The molecule has 13 nitrogen and oxygen atoms in total. The molecule has 0 saturated carbocycles. The molecule has 220 valence electrons. The van der Waals surface area contributed by atoms with E-state index in [0.717, 1.165) is 10.9 Å². The van der Waals surface area contributed by atoms with E-state index in [9.17, 15) is 29.1 Å². The Balaban J connectivity index is 2.17. The Morgan fingerprint density at radius 3 is 2.15 bits per heavy atom. The fourth-order valence-corrected chi connectivity index (χ4v) is 4.29. The number of carboxylic acids is 2. The molecule has 4 atom stereocenters. The monoisotopic (exact) mass is 560 g/mol. The first-order valence-electron chi connectivity index (χ1n) is 13.3. The van der Waals surface area contributed by atoms with Crippen molar-refractivity contribution < 1.29 is 34.2 Å². The van der Waals surface area contributed by atoms with Crippen molar-refractivity contribution in [3.63, 3.8) is 0 Å². The zero-order chi connectivity index (χ0) is 29.8. The largest absolute Gasteiger partial charge is 0.481 e. The maximum absolute atomic E-state index is 13.3. The van der Waals surface area contributed by atoms with Gasteiger partial charge in [-0.1, -0.05) is 32.0 Å². The molecule has 0 spiro atoms. The molecule has 1 heterocycles. The van der Waals surface area contributed by atoms with Gasteiger partial charge in [0.1, 0.15) is 18.1 Å². The van der Waals surface area contributed by atoms with E-state index < -0.39 is 60.2 Å². The van der Waals surface area contributed by atoms with Gasteiger partial charge in [0.05, 0.1) is 12.5 Å². The average molecular weight is 561 g/mol. The second kappa shape index (κ2) is 15.6. The minimum Gasteiger partial charge on any atom is -0.481 e. The minimum atomic E-state index is -1.36. The normalized spacial score (nSPS) is 14.2. The van der Waals surface area contributed by atoms with Gasteiger partial charge < -0.3 is 42.6 Å². The predicted octanol–water partition coefficient (Wildman–Crippen LogP) is 0.227. The van der Waals surface area contributed by atoms with Gasteiger partial charge in [-0.15, -0.1) is 0 Å². The average Bonchev–Trinajstić information content (AvgIpc) is 3.29. The molecule has 2 rings (SSSR count). The lowest BCUT2D eigenvalue weighted by molar-refractivity contribution is -0.142. The highest BCUT2D eigenvalue weighted by Gasteiger charge is 2.31. The summed E-state index contributed by atoms with van der Waals surface area (Å²) >= 11 is 0. The van der Waals surface area contributed by atoms with Gasteiger partial charge in [0.25, 0.3) is 0 Å². The van der Waals surface area contributed by atoms with Crippen molar-refractivity contribution in [1.29, 1.82) is 0 Å². The Kier molecular flexibility index (Phi) is 12.6. The van der Waals surface area contributed by atoms with Crippen LogP contribution in [0, 0.1) is 5.92 Å². The number of unbranched alkanes of at least 4 members (excludes halogenated alkanes) is 1. The summed E-state index contributed by atoms with van der Waals surface area (Å²) in [6.07, 6.45) is 2.55. The summed E-state index contributed by atoms with van der Waals surface area (Å²) in [5.41, 5.74) is 12.7. The molecular weight excluding hydrogens is 520 g/mol. The number of amides is 3. The third kappa shape index (κ3) is 9.97. The molecule has 40 heavy (non-hydrogen) atoms. The number of fused-ring (bicyclic) bond motifs is 1. The molecule has 0 aliphatic heterocycles. The van der Waals surface area contributed by atoms with E-state index in [4.69, 9.17) is 16.6 Å². The molecule has 2 aromatic rings. The number of hydrogen-bond donors (Lipinski definition) is 8. The number of nitrogens with two attached hydrogens (primary N) is 2. The zero-order valence-electron chi connectivity index (χ0n) is 22.8. The maximum atomic E-state index is 13.3. The molecular formula is C27H40N6O7. The molecule has 1 aromatic carbocycles. The van der Waals surface area contributed by atoms with Crippen molar-refractivity contribution in [1.82, 2.24) is 20.9 Å². The number of carbonyl (C=O) groups excluding carboxylic acids is 3. The van der Waals surface area contributed by atoms with Crippen LogP contribution < -0.4 is 27.4 Å². The Hall–Kier alpha value is -3.97. The number of rotatable bonds is 17. The number of para-hydroxylation sites is 1. The van der Waals surface area contributed by atoms with E-state index >= 15 is 0 Å². The van der Waals surface area contributed by atoms with Gasteiger partial charge in [0.15, 0.2) is 0 Å². The second-order valence-corrected chi connectivity index (χ2v) is 10.2. The van der Waals surface area contributed by atoms with Gasteiger partial charge in [-0.25, -0.2) is 4.79 Å². The highest BCUT2D eigenvalue weighted by atomic mass is 16.4. The maximum Gasteiger partial charge on any atom is 0.326 e. The van der Waals surface area contributed by atoms with Crippen LogP contribution in [0.1, 0.15) is 51.5 Å². The second-order valence-electron chi connectivity index (χ2n) is 10.2. The highest BCUT2D eigenvalue weighted by molar-refractivity contribution is 5.95. The molecule has 13 heteroatoms. The Labute approximate surface area is 232 Å². The first kappa shape index (κ1) is 32.2. The molecule has 3 amide bonds. The molecule has 0 aliphatic carbocycles. The van der Waals surface area contributed by atoms with Crippen molar-refractivity contribution in [2.24, 2.45) is 17.4 Å². The molecule has 0 fully saturated rings. The summed E-state index contributed by atoms with van der Waals surface area (Å²) in [5.74, 6) is -4.69. The van der Waals surface area contributed by atoms with Gasteiger partial charge in [0.2, 0.25) is 17.7 Å². The molecule has 1 aromatic heterocycles. The summed E-state index contributed by atoms with van der Waals surface area (Å²) in [5, 5.41) is 27.3. The number of aromatic nitrogens is 1. The van der Waals surface area contributed by atoms with Crippen LogP contribution in [0.25, 0.3) is 10.9 Å². The molecule has 0 saturated heterocycles. The van der Waals surface area contributed by atoms with Crippen LogP contribution in [-0.2, 0) is 30.4 Å². The molecule has 4 unspecified atom stereocenters. The lowest BCUT2D eigenvalue weighted by atomic mass is 10.00. The number of nitrogens with one attached hydrogen (secondary N) is 4. The zero-order valence-corrected chi connectivity index (χ0v) is 22.8. The topological polar surface area (TPSA) is 230 Å². The lowest BCUT2D eigenvalue weighted by Gasteiger charge is -2.26. The predicted molar refractivity (Wildman–Crippen MR) is 148 cm³/mol. The number of aliphatic carboxylic acids is 2. The number of carbonyl (C=O) groups is 5. The Morgan fingerprint density at radius 2 is 1.52 bits per heavy atom. The fourth-order valence-electron chi connectivity index (χ4n) is 4.29. The number of aromatic amines is 1. The molecule has 0 bridgehead atoms. The highest BCUT2D eigenvalue weighted by Crippen LogP contribution is 2.19. The summed E-state index contributed by atoms with van der Waals surface area (Å²) in [7, 11) is 0. The van der Waals surface area contributed by atoms with Crippen LogP contribution in [0.3, 0.4) is 0 Å². The van der Waals surface area contributed by atoms with E-state index in [0.29, 0.717) is 24.9 Å². The smallest absolute Gasteiger partial charge is 0.326 e. The van der Waals surface area contributed by atoms with Gasteiger partial charge in [-0.3, -0.25) is 19.2 Å². The van der Waals surface area contributed by atoms with Crippen LogP contribution in [0.5, 0.6) is 0 Å². The number of hydrogen-bond acceptors (Lipinski definition) is 7. The summed E-state index contributed by atoms with van der Waals surface area (Å²) in [6.45, 7) is 4.06. The van der Waals surface area contributed by atoms with E-state index in [1.807, 2.05) is 38.1 Å². The van der Waals surface area contributed by atoms with Crippen molar-refractivity contribution in [3.05, 3.63) is 36.0 Å². The van der Waals surface area contributed by atoms with Crippen molar-refractivity contribution in [2.45, 2.75) is 76.5 Å². The third-order valence-corrected chi connectivity index (χ3v) is 6.36. The van der Waals surface area contributed by atoms with Crippen LogP contribution >= 0.6 is 0 Å². The number of H-pyrrole nitrogens is 1. The quantitative estimate of drug-likeness (QED) is 0.124. The van der Waals surface area contributed by atoms with Crippen LogP contribution in [0.15, 0.2) is 30.5 Å². The lowest BCUT2D eigenvalue weighted by Crippen LogP contribution is -2.57. The standard InChI is InChI=1S/C27H40N6O7/c1-15(2)11-21(32-25(37)20(9-5-6-10-28)31-24(36)18(29)13-23(34)35)26(38)33-22(27(39)40)12-16-14-30-19-8-4-3-7-17(16)19/h3-4,7-8,14-15,18,20-22,30H,5-6,9-13,28-29H2,1-2H3,(H,31,36)(H,32,37)(H,33,38)(H,34,35)(H,39,40). The molecule has 0 radical (unpaired) electrons. The fraction of sp³-hybridized carbons (Fsp3) is 0.519. The minimum absolute atomic E-state index is 0.0205. The van der Waals surface area contributed by atoms with Crippen LogP contribution in [-0.4, -0.2) is 75.6 Å². The van der Waals surface area contributed by atoms with E-state index in [1.54, 1.807) is 6.20 Å². The third-order valence-electron chi connectivity index (χ3n) is 6.36. The number of benzene rings is 1. The van der Waals surface area contributed by atoms with Gasteiger partial charge in [-0.05, 0) is 49.8 Å². The van der Waals surface area contributed by atoms with E-state index in [1.165, 1.54) is 0 Å². The van der Waals surface area contributed by atoms with Crippen LogP contribution in [0.2, 0.25) is 0 Å². The Morgan fingerprint density at radius 1 is 0.900 bits per heavy atom. The SMILES string of the molecule is CC(C)CC(NC(=O)C(CCCCN)NC(=O)C(N)CC(=O)O)C(=O)NC(Cc1c[nH]c2ccccc12)C(=O)O. The summed E-state index contributed by atoms with van der Waals surface area (Å²) in [6, 6.07) is 2.60. The summed E-state index contributed by atoms with van der Waals surface area (Å²) in [4.78, 5) is 65.0. The van der Waals surface area contributed by atoms with E-state index in [2.05, 4.69) is 20.9 Å². The van der Waals surface area contributed by atoms with Gasteiger partial charge >= 0.3 is 11.9 Å². The molecule has 0 aliphatic rings. The van der Waals surface area contributed by atoms with E-state index in [-0.39, 0.29) is 25.2 Å². The summed E-state index contributed by atoms with van der Waals surface area (Å²) < 4.78 is 0. The van der Waals surface area contributed by atoms with Gasteiger partial charge in [0, 0.05) is 23.5 Å².